The van der Waals surface area contributed by atoms with E-state index in [4.69, 9.17) is 16.3 Å². The number of para-hydroxylation sites is 1. The molecule has 0 aliphatic heterocycles. The van der Waals surface area contributed by atoms with Gasteiger partial charge in [-0.1, -0.05) is 41.9 Å². The van der Waals surface area contributed by atoms with Crippen LogP contribution in [0.4, 0.5) is 0 Å². The highest BCUT2D eigenvalue weighted by molar-refractivity contribution is 6.30. The van der Waals surface area contributed by atoms with Gasteiger partial charge in [0, 0.05) is 29.4 Å². The molecule has 0 aliphatic rings. The molecule has 1 heterocycles. The lowest BCUT2D eigenvalue weighted by molar-refractivity contribution is 0.111. The van der Waals surface area contributed by atoms with Crippen LogP contribution < -0.4 is 4.74 Å². The Balaban J connectivity index is 1.81. The molecule has 5 nitrogen and oxygen atoms in total. The zero-order valence-corrected chi connectivity index (χ0v) is 18.1. The van der Waals surface area contributed by atoms with Crippen LogP contribution in [0.25, 0.3) is 22.5 Å². The van der Waals surface area contributed by atoms with E-state index in [-0.39, 0.29) is 5.69 Å². The molecule has 0 spiro atoms. The first-order valence-electron chi connectivity index (χ1n) is 9.95. The molecule has 0 atom stereocenters. The second kappa shape index (κ2) is 9.90. The number of nitrogens with zero attached hydrogens (tertiary/aromatic N) is 3. The molecule has 0 saturated heterocycles. The van der Waals surface area contributed by atoms with E-state index < -0.39 is 0 Å². The van der Waals surface area contributed by atoms with E-state index in [2.05, 4.69) is 10.1 Å². The van der Waals surface area contributed by atoms with Crippen LogP contribution in [0.15, 0.2) is 97.2 Å². The average molecular weight is 442 g/mol. The lowest BCUT2D eigenvalue weighted by Crippen LogP contribution is -2.01. The van der Waals surface area contributed by atoms with Gasteiger partial charge in [0.25, 0.3) is 0 Å². The Hall–Kier alpha value is -3.96. The number of carbonyl (C=O) groups excluding carboxylic acids is 1. The second-order valence-corrected chi connectivity index (χ2v) is 7.41. The Bertz CT molecular complexity index is 1280. The monoisotopic (exact) mass is 441 g/mol. The van der Waals surface area contributed by atoms with Crippen molar-refractivity contribution in [2.24, 2.45) is 7.05 Å². The third-order valence-electron chi connectivity index (χ3n) is 4.72. The summed E-state index contributed by atoms with van der Waals surface area (Å²) in [4.78, 5) is 16.0. The molecule has 4 rings (SSSR count). The van der Waals surface area contributed by atoms with E-state index in [0.29, 0.717) is 22.8 Å². The highest BCUT2D eigenvalue weighted by Crippen LogP contribution is 2.27. The molecule has 4 aromatic rings. The molecule has 0 radical (unpaired) electrons. The zero-order chi connectivity index (χ0) is 22.3. The molecule has 0 bridgehead atoms. The van der Waals surface area contributed by atoms with Gasteiger partial charge in [-0.05, 0) is 60.7 Å². The minimum Gasteiger partial charge on any atom is -0.457 e. The number of hydrogen-bond acceptors (Lipinski definition) is 4. The summed E-state index contributed by atoms with van der Waals surface area (Å²) in [6.07, 6.45) is 2.26. The summed E-state index contributed by atoms with van der Waals surface area (Å²) in [5, 5.41) is 5.02. The van der Waals surface area contributed by atoms with Crippen LogP contribution in [0.5, 0.6) is 11.5 Å². The zero-order valence-electron chi connectivity index (χ0n) is 17.4. The molecule has 0 N–H and O–H groups in total. The third-order valence-corrected chi connectivity index (χ3v) is 4.95. The summed E-state index contributed by atoms with van der Waals surface area (Å²) >= 11 is 6.19. The van der Waals surface area contributed by atoms with Crippen molar-refractivity contribution in [3.05, 3.63) is 108 Å². The molecule has 0 fully saturated rings. The van der Waals surface area contributed by atoms with Crippen LogP contribution in [-0.2, 0) is 7.05 Å². The van der Waals surface area contributed by atoms with E-state index >= 15 is 0 Å². The van der Waals surface area contributed by atoms with E-state index in [1.54, 1.807) is 24.0 Å². The van der Waals surface area contributed by atoms with E-state index in [0.717, 1.165) is 22.6 Å². The number of ether oxygens (including phenoxy) is 1. The lowest BCUT2D eigenvalue weighted by Gasteiger charge is -2.09. The Morgan fingerprint density at radius 3 is 2.31 bits per heavy atom. The highest BCUT2D eigenvalue weighted by Gasteiger charge is 2.07. The molecule has 0 amide bonds. The van der Waals surface area contributed by atoms with Crippen LogP contribution in [0, 0.1) is 0 Å². The van der Waals surface area contributed by atoms with Crippen LogP contribution >= 0.6 is 11.6 Å². The molecule has 0 unspecified atom stereocenters. The van der Waals surface area contributed by atoms with Gasteiger partial charge >= 0.3 is 0 Å². The number of rotatable bonds is 5. The molecule has 158 valence electrons. The maximum atomic E-state index is 11.4. The normalized spacial score (nSPS) is 10.3. The van der Waals surface area contributed by atoms with Crippen molar-refractivity contribution in [1.29, 1.82) is 0 Å². The number of benzene rings is 3. The second-order valence-electron chi connectivity index (χ2n) is 6.98. The largest absolute Gasteiger partial charge is 0.457 e. The summed E-state index contributed by atoms with van der Waals surface area (Å²) in [5.74, 6) is 1.48. The van der Waals surface area contributed by atoms with Gasteiger partial charge in [0.15, 0.2) is 6.29 Å². The predicted octanol–water partition coefficient (Wildman–Crippen LogP) is 6.53. The fourth-order valence-corrected chi connectivity index (χ4v) is 3.36. The smallest absolute Gasteiger partial charge is 0.170 e. The van der Waals surface area contributed by atoms with E-state index in [9.17, 15) is 4.79 Å². The number of aldehydes is 1. The summed E-state index contributed by atoms with van der Waals surface area (Å²) in [7, 11) is 1.79. The van der Waals surface area contributed by atoms with Crippen molar-refractivity contribution in [3.63, 3.8) is 0 Å². The topological polar surface area (TPSA) is 57.0 Å². The average Bonchev–Trinajstić information content (AvgIpc) is 2.89. The Labute approximate surface area is 191 Å². The Morgan fingerprint density at radius 1 is 0.844 bits per heavy atom. The van der Waals surface area contributed by atoms with Gasteiger partial charge in [-0.25, -0.2) is 0 Å². The molecular weight excluding hydrogens is 422 g/mol. The van der Waals surface area contributed by atoms with Gasteiger partial charge in [0.2, 0.25) is 0 Å². The number of aromatic nitrogens is 3. The first-order valence-corrected chi connectivity index (χ1v) is 10.3. The minimum atomic E-state index is 0.263. The van der Waals surface area contributed by atoms with Crippen LogP contribution in [0.1, 0.15) is 10.5 Å². The number of aryl methyl sites for hydroxylation is 1. The quantitative estimate of drug-likeness (QED) is 0.330. The number of carbonyl (C=O) groups is 1. The van der Waals surface area contributed by atoms with Gasteiger partial charge in [0.1, 0.15) is 17.2 Å². The number of halogens is 1. The molecule has 1 aromatic heterocycles. The standard InChI is InChI=1S/C26H20ClN3O2/c1-30-26(19-10-12-24(13-11-19)32-23-8-3-2-4-9-23)17-25(20-6-5-7-21(27)16-20)28-15-14-22(18-31)29-30/h2-18H,1H3. The molecular formula is C26H20ClN3O2. The van der Waals surface area contributed by atoms with Gasteiger partial charge in [-0.15, -0.1) is 0 Å². The van der Waals surface area contributed by atoms with Crippen molar-refractivity contribution in [2.45, 2.75) is 0 Å². The van der Waals surface area contributed by atoms with Crippen molar-refractivity contribution < 1.29 is 9.53 Å². The minimum absolute atomic E-state index is 0.263. The fourth-order valence-electron chi connectivity index (χ4n) is 3.17. The summed E-state index contributed by atoms with van der Waals surface area (Å²) in [6, 6.07) is 28.2. The van der Waals surface area contributed by atoms with Gasteiger partial charge in [-0.2, -0.15) is 5.10 Å². The summed E-state index contributed by atoms with van der Waals surface area (Å²) in [5.41, 5.74) is 3.46. The van der Waals surface area contributed by atoms with E-state index in [1.165, 1.54) is 0 Å². The summed E-state index contributed by atoms with van der Waals surface area (Å²) in [6.45, 7) is 0. The maximum absolute atomic E-state index is 11.4. The van der Waals surface area contributed by atoms with Crippen LogP contribution in [0.2, 0.25) is 5.02 Å². The van der Waals surface area contributed by atoms with Crippen LogP contribution in [-0.4, -0.2) is 21.1 Å². The van der Waals surface area contributed by atoms with Gasteiger partial charge in [-0.3, -0.25) is 14.5 Å². The van der Waals surface area contributed by atoms with E-state index in [1.807, 2.05) is 84.9 Å². The Kier molecular flexibility index (Phi) is 6.58. The maximum Gasteiger partial charge on any atom is 0.170 e. The van der Waals surface area contributed by atoms with Gasteiger partial charge in [0.05, 0.1) is 11.4 Å². The van der Waals surface area contributed by atoms with Crippen LogP contribution in [0.3, 0.4) is 0 Å². The van der Waals surface area contributed by atoms with Gasteiger partial charge < -0.3 is 4.74 Å². The van der Waals surface area contributed by atoms with Crippen molar-refractivity contribution in [1.82, 2.24) is 14.8 Å². The van der Waals surface area contributed by atoms with Crippen molar-refractivity contribution in [3.8, 4) is 34.0 Å². The first kappa shape index (κ1) is 21.3. The molecule has 0 aliphatic carbocycles. The van der Waals surface area contributed by atoms with Crippen molar-refractivity contribution >= 4 is 17.9 Å². The predicted molar refractivity (Wildman–Crippen MR) is 126 cm³/mol. The SMILES string of the molecule is Cn1nc(C=O)ccnc(-c2cccc(Cl)c2)cc1-c1ccc(Oc2ccccc2)cc1. The molecule has 32 heavy (non-hydrogen) atoms. The third kappa shape index (κ3) is 5.20. The fraction of sp³-hybridized carbons (Fsp3) is 0.0385. The summed E-state index contributed by atoms with van der Waals surface area (Å²) < 4.78 is 7.55. The molecule has 3 aromatic carbocycles. The molecule has 6 heteroatoms. The lowest BCUT2D eigenvalue weighted by atomic mass is 10.1. The van der Waals surface area contributed by atoms with Crippen molar-refractivity contribution in [2.75, 3.05) is 0 Å². The number of hydrogen-bond donors (Lipinski definition) is 0. The first-order chi connectivity index (χ1) is 15.6. The molecule has 0 saturated carbocycles. The Morgan fingerprint density at radius 2 is 1.59 bits per heavy atom. The highest BCUT2D eigenvalue weighted by atomic mass is 35.5.